The lowest BCUT2D eigenvalue weighted by molar-refractivity contribution is 0.102. The zero-order chi connectivity index (χ0) is 23.1. The SMILES string of the molecule is COc1ccc(S(=O)(=O)NC(C)C)cc1NC(=O)c1ccc(CSc2ccccc2)cc1. The highest BCUT2D eigenvalue weighted by atomic mass is 32.2. The summed E-state index contributed by atoms with van der Waals surface area (Å²) in [4.78, 5) is 14.0. The Bertz CT molecular complexity index is 1160. The minimum absolute atomic E-state index is 0.0515. The normalized spacial score (nSPS) is 11.4. The number of rotatable bonds is 9. The largest absolute Gasteiger partial charge is 0.495 e. The highest BCUT2D eigenvalue weighted by Gasteiger charge is 2.19. The lowest BCUT2D eigenvalue weighted by Crippen LogP contribution is -2.30. The summed E-state index contributed by atoms with van der Waals surface area (Å²) in [7, 11) is -2.24. The zero-order valence-corrected chi connectivity index (χ0v) is 19.8. The quantitative estimate of drug-likeness (QED) is 0.433. The summed E-state index contributed by atoms with van der Waals surface area (Å²) >= 11 is 1.72. The van der Waals surface area contributed by atoms with E-state index in [2.05, 4.69) is 22.2 Å². The molecule has 6 nitrogen and oxygen atoms in total. The number of methoxy groups -OCH3 is 1. The molecule has 32 heavy (non-hydrogen) atoms. The summed E-state index contributed by atoms with van der Waals surface area (Å²) in [5, 5.41) is 2.76. The fourth-order valence-corrected chi connectivity index (χ4v) is 5.11. The lowest BCUT2D eigenvalue weighted by Gasteiger charge is -2.14. The molecule has 3 aromatic carbocycles. The van der Waals surface area contributed by atoms with Crippen LogP contribution in [0.15, 0.2) is 82.6 Å². The molecular weight excluding hydrogens is 444 g/mol. The van der Waals surface area contributed by atoms with Gasteiger partial charge in [0.25, 0.3) is 5.91 Å². The van der Waals surface area contributed by atoms with Crippen molar-refractivity contribution in [1.29, 1.82) is 0 Å². The van der Waals surface area contributed by atoms with Crippen LogP contribution in [0.5, 0.6) is 5.75 Å². The Hall–Kier alpha value is -2.81. The Balaban J connectivity index is 1.72. The lowest BCUT2D eigenvalue weighted by atomic mass is 10.1. The Kier molecular flexibility index (Phi) is 7.95. The summed E-state index contributed by atoms with van der Waals surface area (Å²) in [5.74, 6) is 0.817. The van der Waals surface area contributed by atoms with Crippen molar-refractivity contribution in [2.45, 2.75) is 35.4 Å². The maximum absolute atomic E-state index is 12.8. The third kappa shape index (κ3) is 6.35. The van der Waals surface area contributed by atoms with Gasteiger partial charge in [-0.2, -0.15) is 0 Å². The Morgan fingerprint density at radius 1 is 1.00 bits per heavy atom. The average Bonchev–Trinajstić information content (AvgIpc) is 2.78. The molecule has 0 spiro atoms. The van der Waals surface area contributed by atoms with Gasteiger partial charge in [-0.1, -0.05) is 30.3 Å². The van der Waals surface area contributed by atoms with Crippen LogP contribution in [0.3, 0.4) is 0 Å². The maximum atomic E-state index is 12.8. The Labute approximate surface area is 193 Å². The van der Waals surface area contributed by atoms with Crippen molar-refractivity contribution in [3.05, 3.63) is 83.9 Å². The van der Waals surface area contributed by atoms with Gasteiger partial charge in [-0.05, 0) is 61.9 Å². The molecular formula is C24H26N2O4S2. The van der Waals surface area contributed by atoms with Crippen LogP contribution in [-0.2, 0) is 15.8 Å². The number of hydrogen-bond acceptors (Lipinski definition) is 5. The summed E-state index contributed by atoms with van der Waals surface area (Å²) in [6.07, 6.45) is 0. The first-order chi connectivity index (χ1) is 15.3. The van der Waals surface area contributed by atoms with Gasteiger partial charge in [-0.15, -0.1) is 11.8 Å². The molecule has 1 amide bonds. The Morgan fingerprint density at radius 3 is 2.31 bits per heavy atom. The molecule has 0 fully saturated rings. The molecule has 168 valence electrons. The minimum Gasteiger partial charge on any atom is -0.495 e. The van der Waals surface area contributed by atoms with Crippen molar-refractivity contribution in [3.63, 3.8) is 0 Å². The average molecular weight is 471 g/mol. The van der Waals surface area contributed by atoms with Crippen molar-refractivity contribution in [1.82, 2.24) is 4.72 Å². The summed E-state index contributed by atoms with van der Waals surface area (Å²) in [6, 6.07) is 21.6. The van der Waals surface area contributed by atoms with Crippen LogP contribution >= 0.6 is 11.8 Å². The number of anilines is 1. The summed E-state index contributed by atoms with van der Waals surface area (Å²) in [6.45, 7) is 3.48. The zero-order valence-electron chi connectivity index (χ0n) is 18.2. The number of amides is 1. The van der Waals surface area contributed by atoms with Gasteiger partial charge < -0.3 is 10.1 Å². The van der Waals surface area contributed by atoms with Gasteiger partial charge in [-0.25, -0.2) is 13.1 Å². The molecule has 0 atom stereocenters. The van der Waals surface area contributed by atoms with Gasteiger partial charge in [0.05, 0.1) is 17.7 Å². The van der Waals surface area contributed by atoms with Gasteiger partial charge in [0.1, 0.15) is 5.75 Å². The highest BCUT2D eigenvalue weighted by molar-refractivity contribution is 7.98. The molecule has 0 aromatic heterocycles. The predicted molar refractivity (Wildman–Crippen MR) is 129 cm³/mol. The van der Waals surface area contributed by atoms with Crippen molar-refractivity contribution < 1.29 is 17.9 Å². The first-order valence-electron chi connectivity index (χ1n) is 10.1. The van der Waals surface area contributed by atoms with Crippen LogP contribution in [0.2, 0.25) is 0 Å². The third-order valence-corrected chi connectivity index (χ3v) is 7.22. The highest BCUT2D eigenvalue weighted by Crippen LogP contribution is 2.28. The molecule has 0 unspecified atom stereocenters. The Morgan fingerprint density at radius 2 is 1.69 bits per heavy atom. The van der Waals surface area contributed by atoms with E-state index in [0.29, 0.717) is 11.3 Å². The fraction of sp³-hybridized carbons (Fsp3) is 0.208. The first kappa shape index (κ1) is 23.8. The smallest absolute Gasteiger partial charge is 0.255 e. The van der Waals surface area contributed by atoms with E-state index in [9.17, 15) is 13.2 Å². The van der Waals surface area contributed by atoms with Gasteiger partial charge in [0.2, 0.25) is 10.0 Å². The number of benzene rings is 3. The molecule has 0 heterocycles. The van der Waals surface area contributed by atoms with Crippen LogP contribution in [-0.4, -0.2) is 27.5 Å². The van der Waals surface area contributed by atoms with E-state index in [-0.39, 0.29) is 22.5 Å². The molecule has 0 radical (unpaired) electrons. The second kappa shape index (κ2) is 10.7. The van der Waals surface area contributed by atoms with Crippen LogP contribution in [0.4, 0.5) is 5.69 Å². The van der Waals surface area contributed by atoms with Crippen LogP contribution in [0.25, 0.3) is 0 Å². The van der Waals surface area contributed by atoms with Gasteiger partial charge in [0.15, 0.2) is 0 Å². The third-order valence-electron chi connectivity index (χ3n) is 4.49. The van der Waals surface area contributed by atoms with E-state index < -0.39 is 10.0 Å². The second-order valence-corrected chi connectivity index (χ2v) is 10.2. The monoisotopic (exact) mass is 470 g/mol. The van der Waals surface area contributed by atoms with Crippen LogP contribution in [0, 0.1) is 0 Å². The maximum Gasteiger partial charge on any atom is 0.255 e. The number of carbonyl (C=O) groups excluding carboxylic acids is 1. The molecule has 0 saturated heterocycles. The van der Waals surface area contributed by atoms with Gasteiger partial charge in [-0.3, -0.25) is 4.79 Å². The number of nitrogens with one attached hydrogen (secondary N) is 2. The standard InChI is InChI=1S/C24H26N2O4S2/c1-17(2)26-32(28,29)21-13-14-23(30-3)22(15-21)25-24(27)19-11-9-18(10-12-19)16-31-20-7-5-4-6-8-20/h4-15,17,26H,16H2,1-3H3,(H,25,27). The van der Waals surface area contributed by atoms with E-state index in [1.165, 1.54) is 30.2 Å². The molecule has 2 N–H and O–H groups in total. The molecule has 0 aliphatic heterocycles. The molecule has 0 aliphatic carbocycles. The molecule has 0 bridgehead atoms. The van der Waals surface area contributed by atoms with Crippen molar-refractivity contribution in [3.8, 4) is 5.75 Å². The van der Waals surface area contributed by atoms with Crippen molar-refractivity contribution in [2.24, 2.45) is 0 Å². The molecule has 3 rings (SSSR count). The number of thioether (sulfide) groups is 1. The van der Waals surface area contributed by atoms with E-state index in [1.807, 2.05) is 30.3 Å². The number of sulfonamides is 1. The summed E-state index contributed by atoms with van der Waals surface area (Å²) < 4.78 is 32.8. The van der Waals surface area contributed by atoms with Gasteiger partial charge >= 0.3 is 0 Å². The molecule has 3 aromatic rings. The van der Waals surface area contributed by atoms with E-state index in [4.69, 9.17) is 4.74 Å². The van der Waals surface area contributed by atoms with Crippen molar-refractivity contribution >= 4 is 33.4 Å². The van der Waals surface area contributed by atoms with Crippen LogP contribution < -0.4 is 14.8 Å². The minimum atomic E-state index is -3.70. The van der Waals surface area contributed by atoms with E-state index in [0.717, 1.165) is 11.3 Å². The first-order valence-corrected chi connectivity index (χ1v) is 12.5. The van der Waals surface area contributed by atoms with E-state index in [1.54, 1.807) is 37.7 Å². The molecule has 0 aliphatic rings. The number of carbonyl (C=O) groups is 1. The second-order valence-electron chi connectivity index (χ2n) is 7.39. The number of ether oxygens (including phenoxy) is 1. The summed E-state index contributed by atoms with van der Waals surface area (Å²) in [5.41, 5.74) is 1.85. The van der Waals surface area contributed by atoms with Gasteiger partial charge in [0, 0.05) is 22.3 Å². The molecule has 0 saturated carbocycles. The molecule has 8 heteroatoms. The number of hydrogen-bond donors (Lipinski definition) is 2. The van der Waals surface area contributed by atoms with Crippen LogP contribution in [0.1, 0.15) is 29.8 Å². The van der Waals surface area contributed by atoms with E-state index >= 15 is 0 Å². The topological polar surface area (TPSA) is 84.5 Å². The van der Waals surface area contributed by atoms with Crippen molar-refractivity contribution in [2.75, 3.05) is 12.4 Å². The fourth-order valence-electron chi connectivity index (χ4n) is 2.96. The predicted octanol–water partition coefficient (Wildman–Crippen LogP) is 4.93.